The molecule has 1 aliphatic heterocycles. The summed E-state index contributed by atoms with van der Waals surface area (Å²) < 4.78 is 0. The van der Waals surface area contributed by atoms with E-state index in [1.54, 1.807) is 13.8 Å². The van der Waals surface area contributed by atoms with Gasteiger partial charge in [-0.05, 0) is 12.3 Å². The van der Waals surface area contributed by atoms with Gasteiger partial charge < -0.3 is 0 Å². The smallest absolute Gasteiger partial charge is 0.234 e. The van der Waals surface area contributed by atoms with Crippen molar-refractivity contribution in [3.63, 3.8) is 0 Å². The first-order valence-corrected chi connectivity index (χ1v) is 5.73. The maximum absolute atomic E-state index is 12.0. The average molecular weight is 223 g/mol. The van der Waals surface area contributed by atoms with E-state index in [0.29, 0.717) is 6.42 Å². The van der Waals surface area contributed by atoms with Crippen molar-refractivity contribution in [2.24, 2.45) is 17.3 Å². The Labute approximate surface area is 95.0 Å². The van der Waals surface area contributed by atoms with Crippen molar-refractivity contribution in [2.45, 2.75) is 40.2 Å². The Balaban J connectivity index is 2.20. The van der Waals surface area contributed by atoms with Crippen LogP contribution in [-0.4, -0.2) is 28.5 Å². The molecule has 2 fully saturated rings. The predicted molar refractivity (Wildman–Crippen MR) is 57.4 cm³/mol. The SMILES string of the molecule is CCC(=O)C(C)N1C(=O)C2C(C1=O)C2(C)C. The third-order valence-electron chi connectivity index (χ3n) is 4.04. The molecule has 2 rings (SSSR count). The monoisotopic (exact) mass is 223 g/mol. The zero-order valence-corrected chi connectivity index (χ0v) is 10.1. The molecule has 0 bridgehead atoms. The Morgan fingerprint density at radius 1 is 1.31 bits per heavy atom. The van der Waals surface area contributed by atoms with Crippen LogP contribution in [0.2, 0.25) is 0 Å². The topological polar surface area (TPSA) is 54.5 Å². The molecular weight excluding hydrogens is 206 g/mol. The molecule has 1 aliphatic carbocycles. The fourth-order valence-corrected chi connectivity index (χ4v) is 2.79. The summed E-state index contributed by atoms with van der Waals surface area (Å²) >= 11 is 0. The highest BCUT2D eigenvalue weighted by molar-refractivity contribution is 6.12. The molecule has 0 aromatic heterocycles. The van der Waals surface area contributed by atoms with Gasteiger partial charge in [0.05, 0.1) is 17.9 Å². The molecule has 88 valence electrons. The van der Waals surface area contributed by atoms with Crippen LogP contribution < -0.4 is 0 Å². The van der Waals surface area contributed by atoms with E-state index in [1.165, 1.54) is 4.90 Å². The first-order chi connectivity index (χ1) is 7.34. The second kappa shape index (κ2) is 3.15. The van der Waals surface area contributed by atoms with Crippen molar-refractivity contribution in [3.8, 4) is 0 Å². The summed E-state index contributed by atoms with van der Waals surface area (Å²) in [7, 11) is 0. The van der Waals surface area contributed by atoms with Gasteiger partial charge in [-0.1, -0.05) is 20.8 Å². The minimum atomic E-state index is -0.589. The minimum Gasteiger partial charge on any atom is -0.297 e. The Morgan fingerprint density at radius 2 is 1.75 bits per heavy atom. The second-order valence-electron chi connectivity index (χ2n) is 5.32. The van der Waals surface area contributed by atoms with Crippen molar-refractivity contribution >= 4 is 17.6 Å². The molecule has 2 aliphatic rings. The number of fused-ring (bicyclic) bond motifs is 1. The van der Waals surface area contributed by atoms with Crippen LogP contribution in [0.25, 0.3) is 0 Å². The number of carbonyl (C=O) groups is 3. The quantitative estimate of drug-likeness (QED) is 0.670. The number of piperidine rings is 1. The Kier molecular flexibility index (Phi) is 2.23. The summed E-state index contributed by atoms with van der Waals surface area (Å²) in [5.74, 6) is -0.747. The van der Waals surface area contributed by atoms with Crippen molar-refractivity contribution < 1.29 is 14.4 Å². The van der Waals surface area contributed by atoms with E-state index in [2.05, 4.69) is 0 Å². The summed E-state index contributed by atoms with van der Waals surface area (Å²) in [5.41, 5.74) is -0.195. The largest absolute Gasteiger partial charge is 0.297 e. The summed E-state index contributed by atoms with van der Waals surface area (Å²) in [4.78, 5) is 36.7. The van der Waals surface area contributed by atoms with Gasteiger partial charge in [0.2, 0.25) is 11.8 Å². The van der Waals surface area contributed by atoms with Gasteiger partial charge in [0.25, 0.3) is 0 Å². The third-order valence-corrected chi connectivity index (χ3v) is 4.04. The van der Waals surface area contributed by atoms with E-state index >= 15 is 0 Å². The summed E-state index contributed by atoms with van der Waals surface area (Å²) in [6.07, 6.45) is 0.358. The van der Waals surface area contributed by atoms with E-state index in [4.69, 9.17) is 0 Å². The van der Waals surface area contributed by atoms with Crippen molar-refractivity contribution in [2.75, 3.05) is 0 Å². The molecule has 0 N–H and O–H groups in total. The number of ketones is 1. The van der Waals surface area contributed by atoms with E-state index in [9.17, 15) is 14.4 Å². The Morgan fingerprint density at radius 3 is 2.12 bits per heavy atom. The highest BCUT2D eigenvalue weighted by Gasteiger charge is 2.73. The van der Waals surface area contributed by atoms with E-state index in [1.807, 2.05) is 13.8 Å². The fraction of sp³-hybridized carbons (Fsp3) is 0.750. The number of carbonyl (C=O) groups excluding carboxylic acids is 3. The van der Waals surface area contributed by atoms with Gasteiger partial charge in [-0.15, -0.1) is 0 Å². The van der Waals surface area contributed by atoms with E-state index in [-0.39, 0.29) is 34.8 Å². The summed E-state index contributed by atoms with van der Waals surface area (Å²) in [6.45, 7) is 7.25. The number of amides is 2. The lowest BCUT2D eigenvalue weighted by molar-refractivity contribution is -0.149. The van der Waals surface area contributed by atoms with Crippen LogP contribution in [0.1, 0.15) is 34.1 Å². The van der Waals surface area contributed by atoms with Crippen LogP contribution in [-0.2, 0) is 14.4 Å². The molecule has 0 radical (unpaired) electrons. The highest BCUT2D eigenvalue weighted by atomic mass is 16.2. The lowest BCUT2D eigenvalue weighted by atomic mass is 10.0. The number of hydrogen-bond donors (Lipinski definition) is 0. The normalized spacial score (nSPS) is 32.6. The van der Waals surface area contributed by atoms with Crippen LogP contribution in [0.15, 0.2) is 0 Å². The molecule has 0 aromatic rings. The van der Waals surface area contributed by atoms with E-state index in [0.717, 1.165) is 0 Å². The standard InChI is InChI=1S/C12H17NO3/c1-5-7(14)6(2)13-10(15)8-9(11(13)16)12(8,3)4/h6,8-9H,5H2,1-4H3. The Hall–Kier alpha value is -1.19. The fourth-order valence-electron chi connectivity index (χ4n) is 2.79. The number of likely N-dealkylation sites (tertiary alicyclic amines) is 1. The molecule has 3 unspecified atom stereocenters. The van der Waals surface area contributed by atoms with Gasteiger partial charge >= 0.3 is 0 Å². The van der Waals surface area contributed by atoms with Crippen LogP contribution in [0.3, 0.4) is 0 Å². The van der Waals surface area contributed by atoms with Gasteiger partial charge in [0.15, 0.2) is 5.78 Å². The predicted octanol–water partition coefficient (Wildman–Crippen LogP) is 0.995. The third kappa shape index (κ3) is 1.19. The second-order valence-corrected chi connectivity index (χ2v) is 5.32. The molecule has 4 heteroatoms. The maximum atomic E-state index is 12.0. The van der Waals surface area contributed by atoms with Crippen LogP contribution in [0, 0.1) is 17.3 Å². The molecule has 16 heavy (non-hydrogen) atoms. The van der Waals surface area contributed by atoms with E-state index < -0.39 is 6.04 Å². The average Bonchev–Trinajstić information content (AvgIpc) is 2.67. The first-order valence-electron chi connectivity index (χ1n) is 5.73. The van der Waals surface area contributed by atoms with Crippen molar-refractivity contribution in [1.29, 1.82) is 0 Å². The number of imide groups is 1. The number of nitrogens with zero attached hydrogens (tertiary/aromatic N) is 1. The number of rotatable bonds is 3. The summed E-state index contributed by atoms with van der Waals surface area (Å²) in [6, 6.07) is -0.589. The molecule has 4 nitrogen and oxygen atoms in total. The molecule has 0 aromatic carbocycles. The van der Waals surface area contributed by atoms with Crippen LogP contribution in [0.5, 0.6) is 0 Å². The Bertz CT molecular complexity index is 362. The maximum Gasteiger partial charge on any atom is 0.234 e. The van der Waals surface area contributed by atoms with Gasteiger partial charge in [-0.2, -0.15) is 0 Å². The highest BCUT2D eigenvalue weighted by Crippen LogP contribution is 2.63. The van der Waals surface area contributed by atoms with Crippen LogP contribution >= 0.6 is 0 Å². The zero-order valence-electron chi connectivity index (χ0n) is 10.1. The van der Waals surface area contributed by atoms with Gasteiger partial charge in [0.1, 0.15) is 0 Å². The van der Waals surface area contributed by atoms with Gasteiger partial charge in [-0.25, -0.2) is 0 Å². The number of hydrogen-bond acceptors (Lipinski definition) is 3. The molecule has 2 amide bonds. The lowest BCUT2D eigenvalue weighted by Gasteiger charge is -2.25. The molecular formula is C12H17NO3. The lowest BCUT2D eigenvalue weighted by Crippen LogP contribution is -2.46. The molecule has 1 heterocycles. The van der Waals surface area contributed by atoms with Gasteiger partial charge in [-0.3, -0.25) is 19.3 Å². The minimum absolute atomic E-state index is 0.0548. The molecule has 1 saturated heterocycles. The zero-order chi connectivity index (χ0) is 12.2. The first kappa shape index (κ1) is 11.3. The van der Waals surface area contributed by atoms with Crippen molar-refractivity contribution in [1.82, 2.24) is 4.90 Å². The number of Topliss-reactive ketones (excluding diaryl/α,β-unsaturated/α-hetero) is 1. The summed E-state index contributed by atoms with van der Waals surface area (Å²) in [5, 5.41) is 0. The van der Waals surface area contributed by atoms with Crippen molar-refractivity contribution in [3.05, 3.63) is 0 Å². The molecule has 3 atom stereocenters. The van der Waals surface area contributed by atoms with Gasteiger partial charge in [0, 0.05) is 6.42 Å². The molecule has 1 saturated carbocycles. The van der Waals surface area contributed by atoms with Crippen LogP contribution in [0.4, 0.5) is 0 Å². The molecule has 0 spiro atoms.